The zero-order chi connectivity index (χ0) is 12.4. The van der Waals surface area contributed by atoms with Crippen molar-refractivity contribution in [2.24, 2.45) is 11.8 Å². The minimum absolute atomic E-state index is 0.0594. The van der Waals surface area contributed by atoms with Crippen LogP contribution in [0.25, 0.3) is 0 Å². The molecule has 0 rings (SSSR count). The van der Waals surface area contributed by atoms with Crippen LogP contribution in [-0.4, -0.2) is 36.1 Å². The Morgan fingerprint density at radius 2 is 1.81 bits per heavy atom. The smallest absolute Gasteiger partial charge is 0.0977 e. The van der Waals surface area contributed by atoms with Crippen LogP contribution in [0.15, 0.2) is 0 Å². The lowest BCUT2D eigenvalue weighted by Crippen LogP contribution is -2.26. The number of hydrogen-bond donors (Lipinski definition) is 2. The highest BCUT2D eigenvalue weighted by molar-refractivity contribution is 4.64. The summed E-state index contributed by atoms with van der Waals surface area (Å²) in [5.41, 5.74) is 0. The SMILES string of the molecule is CCCCC(OOCC(C)CO)C(C)CO. The number of aliphatic hydroxyl groups is 2. The largest absolute Gasteiger partial charge is 0.396 e. The van der Waals surface area contributed by atoms with Crippen molar-refractivity contribution in [2.45, 2.75) is 46.1 Å². The zero-order valence-electron chi connectivity index (χ0n) is 10.7. The van der Waals surface area contributed by atoms with E-state index in [2.05, 4.69) is 6.92 Å². The van der Waals surface area contributed by atoms with Gasteiger partial charge >= 0.3 is 0 Å². The summed E-state index contributed by atoms with van der Waals surface area (Å²) in [6.45, 7) is 6.54. The van der Waals surface area contributed by atoms with Crippen molar-refractivity contribution in [3.8, 4) is 0 Å². The second kappa shape index (κ2) is 10.0. The van der Waals surface area contributed by atoms with Crippen LogP contribution in [0.2, 0.25) is 0 Å². The highest BCUT2D eigenvalue weighted by Crippen LogP contribution is 2.15. The molecule has 0 aromatic heterocycles. The highest BCUT2D eigenvalue weighted by Gasteiger charge is 2.18. The molecule has 0 bridgehead atoms. The first kappa shape index (κ1) is 15.8. The number of unbranched alkanes of at least 4 members (excludes halogenated alkanes) is 1. The molecular weight excluding hydrogens is 208 g/mol. The van der Waals surface area contributed by atoms with Gasteiger partial charge in [0.15, 0.2) is 0 Å². The molecule has 0 saturated carbocycles. The van der Waals surface area contributed by atoms with Gasteiger partial charge < -0.3 is 10.2 Å². The Balaban J connectivity index is 3.82. The Hall–Kier alpha value is -0.160. The predicted octanol–water partition coefficient (Wildman–Crippen LogP) is 1.75. The summed E-state index contributed by atoms with van der Waals surface area (Å²) in [6, 6.07) is 0. The summed E-state index contributed by atoms with van der Waals surface area (Å²) in [7, 11) is 0. The minimum atomic E-state index is -0.0594. The van der Waals surface area contributed by atoms with E-state index < -0.39 is 0 Å². The van der Waals surface area contributed by atoms with Crippen molar-refractivity contribution in [3.05, 3.63) is 0 Å². The van der Waals surface area contributed by atoms with E-state index >= 15 is 0 Å². The van der Waals surface area contributed by atoms with Gasteiger partial charge in [0.05, 0.1) is 12.7 Å². The minimum Gasteiger partial charge on any atom is -0.396 e. The van der Waals surface area contributed by atoms with E-state index in [1.54, 1.807) is 0 Å². The third kappa shape index (κ3) is 7.17. The topological polar surface area (TPSA) is 58.9 Å². The van der Waals surface area contributed by atoms with Gasteiger partial charge in [-0.3, -0.25) is 0 Å². The normalized spacial score (nSPS) is 17.1. The Morgan fingerprint density at radius 1 is 1.12 bits per heavy atom. The highest BCUT2D eigenvalue weighted by atomic mass is 17.2. The molecular formula is C12H26O4. The fourth-order valence-electron chi connectivity index (χ4n) is 1.25. The fourth-order valence-corrected chi connectivity index (χ4v) is 1.25. The van der Waals surface area contributed by atoms with Gasteiger partial charge in [0, 0.05) is 25.0 Å². The molecule has 4 nitrogen and oxygen atoms in total. The third-order valence-corrected chi connectivity index (χ3v) is 2.62. The molecule has 0 aliphatic heterocycles. The van der Waals surface area contributed by atoms with Gasteiger partial charge in [-0.2, -0.15) is 0 Å². The molecule has 0 heterocycles. The van der Waals surface area contributed by atoms with E-state index in [4.69, 9.17) is 20.0 Å². The predicted molar refractivity (Wildman–Crippen MR) is 62.8 cm³/mol. The maximum absolute atomic E-state index is 9.08. The average molecular weight is 234 g/mol. The van der Waals surface area contributed by atoms with E-state index in [1.807, 2.05) is 13.8 Å². The molecule has 0 saturated heterocycles. The average Bonchev–Trinajstić information content (AvgIpc) is 2.32. The van der Waals surface area contributed by atoms with Gasteiger partial charge in [0.25, 0.3) is 0 Å². The molecule has 0 spiro atoms. The Bertz CT molecular complexity index is 152. The second-order valence-corrected chi connectivity index (χ2v) is 4.51. The van der Waals surface area contributed by atoms with Crippen LogP contribution in [0.5, 0.6) is 0 Å². The summed E-state index contributed by atoms with van der Waals surface area (Å²) in [5.74, 6) is 0.159. The van der Waals surface area contributed by atoms with E-state index in [1.165, 1.54) is 0 Å². The molecule has 3 atom stereocenters. The quantitative estimate of drug-likeness (QED) is 0.446. The summed E-state index contributed by atoms with van der Waals surface area (Å²) < 4.78 is 0. The number of hydrogen-bond acceptors (Lipinski definition) is 4. The van der Waals surface area contributed by atoms with Gasteiger partial charge in [-0.1, -0.05) is 33.6 Å². The molecule has 3 unspecified atom stereocenters. The summed E-state index contributed by atoms with van der Waals surface area (Å²) in [4.78, 5) is 10.4. The molecule has 0 aromatic rings. The number of aliphatic hydroxyl groups excluding tert-OH is 2. The molecule has 16 heavy (non-hydrogen) atoms. The summed E-state index contributed by atoms with van der Waals surface area (Å²) >= 11 is 0. The van der Waals surface area contributed by atoms with Crippen molar-refractivity contribution in [3.63, 3.8) is 0 Å². The van der Waals surface area contributed by atoms with Crippen LogP contribution in [0, 0.1) is 11.8 Å². The first-order chi connectivity index (χ1) is 7.65. The zero-order valence-corrected chi connectivity index (χ0v) is 10.7. The first-order valence-electron chi connectivity index (χ1n) is 6.15. The van der Waals surface area contributed by atoms with Crippen LogP contribution < -0.4 is 0 Å². The van der Waals surface area contributed by atoms with Crippen LogP contribution in [0.4, 0.5) is 0 Å². The van der Waals surface area contributed by atoms with Gasteiger partial charge in [0.2, 0.25) is 0 Å². The van der Waals surface area contributed by atoms with Gasteiger partial charge in [-0.05, 0) is 6.42 Å². The fraction of sp³-hybridized carbons (Fsp3) is 1.00. The monoisotopic (exact) mass is 234 g/mol. The Labute approximate surface area is 98.5 Å². The van der Waals surface area contributed by atoms with E-state index in [0.29, 0.717) is 6.61 Å². The lowest BCUT2D eigenvalue weighted by Gasteiger charge is -2.22. The Morgan fingerprint density at radius 3 is 2.31 bits per heavy atom. The molecule has 98 valence electrons. The standard InChI is InChI=1S/C12H26O4/c1-4-5-6-12(11(3)8-14)16-15-9-10(2)7-13/h10-14H,4-9H2,1-3H3. The van der Waals surface area contributed by atoms with E-state index in [-0.39, 0.29) is 31.2 Å². The van der Waals surface area contributed by atoms with Gasteiger partial charge in [0.1, 0.15) is 0 Å². The van der Waals surface area contributed by atoms with Crippen LogP contribution in [0.3, 0.4) is 0 Å². The summed E-state index contributed by atoms with van der Waals surface area (Å²) in [6.07, 6.45) is 3.00. The van der Waals surface area contributed by atoms with Crippen LogP contribution in [-0.2, 0) is 9.78 Å². The van der Waals surface area contributed by atoms with Crippen molar-refractivity contribution in [1.29, 1.82) is 0 Å². The molecule has 0 aliphatic rings. The van der Waals surface area contributed by atoms with E-state index in [0.717, 1.165) is 19.3 Å². The third-order valence-electron chi connectivity index (χ3n) is 2.62. The van der Waals surface area contributed by atoms with E-state index in [9.17, 15) is 0 Å². The van der Waals surface area contributed by atoms with Crippen LogP contribution in [0.1, 0.15) is 40.0 Å². The molecule has 0 aromatic carbocycles. The van der Waals surface area contributed by atoms with Crippen molar-refractivity contribution >= 4 is 0 Å². The van der Waals surface area contributed by atoms with Gasteiger partial charge in [-0.25, -0.2) is 9.78 Å². The molecule has 0 radical (unpaired) electrons. The lowest BCUT2D eigenvalue weighted by molar-refractivity contribution is -0.340. The van der Waals surface area contributed by atoms with Crippen molar-refractivity contribution in [1.82, 2.24) is 0 Å². The molecule has 0 aliphatic carbocycles. The lowest BCUT2D eigenvalue weighted by atomic mass is 10.0. The maximum atomic E-state index is 9.08. The molecule has 0 fully saturated rings. The second-order valence-electron chi connectivity index (χ2n) is 4.51. The molecule has 0 amide bonds. The van der Waals surface area contributed by atoms with Crippen LogP contribution >= 0.6 is 0 Å². The maximum Gasteiger partial charge on any atom is 0.0977 e. The Kier molecular flexibility index (Phi) is 9.92. The first-order valence-corrected chi connectivity index (χ1v) is 6.15. The molecule has 4 heteroatoms. The summed E-state index contributed by atoms with van der Waals surface area (Å²) in [5, 5.41) is 17.9. The molecule has 2 N–H and O–H groups in total. The van der Waals surface area contributed by atoms with Gasteiger partial charge in [-0.15, -0.1) is 0 Å². The van der Waals surface area contributed by atoms with Crippen molar-refractivity contribution in [2.75, 3.05) is 19.8 Å². The van der Waals surface area contributed by atoms with Crippen molar-refractivity contribution < 1.29 is 20.0 Å². The number of rotatable bonds is 10.